The van der Waals surface area contributed by atoms with E-state index in [1.807, 2.05) is 49.5 Å². The monoisotopic (exact) mass is 409 g/mol. The molecule has 1 saturated heterocycles. The van der Waals surface area contributed by atoms with Crippen LogP contribution in [0.1, 0.15) is 6.42 Å². The minimum atomic E-state index is -3.25. The number of carbonyl (C=O) groups excluding carboxylic acids is 1. The Morgan fingerprint density at radius 2 is 1.76 bits per heavy atom. The largest absolute Gasteiger partial charge is 0.493 e. The summed E-state index contributed by atoms with van der Waals surface area (Å²) in [6.07, 6.45) is 1.75. The van der Waals surface area contributed by atoms with E-state index in [0.717, 1.165) is 34.2 Å². The summed E-state index contributed by atoms with van der Waals surface area (Å²) < 4.78 is 29.7. The van der Waals surface area contributed by atoms with Gasteiger partial charge in [-0.15, -0.1) is 0 Å². The molecule has 6 heteroatoms. The van der Waals surface area contributed by atoms with E-state index < -0.39 is 9.84 Å². The average Bonchev–Trinajstić information content (AvgIpc) is 3.03. The zero-order valence-electron chi connectivity index (χ0n) is 16.5. The topological polar surface area (TPSA) is 63.7 Å². The fourth-order valence-electron chi connectivity index (χ4n) is 3.68. The number of hydrogen-bond acceptors (Lipinski definition) is 4. The summed E-state index contributed by atoms with van der Waals surface area (Å²) >= 11 is 0. The number of likely N-dealkylation sites (tertiary alicyclic amines) is 1. The minimum Gasteiger partial charge on any atom is -0.493 e. The summed E-state index contributed by atoms with van der Waals surface area (Å²) in [5.74, 6) is 1.15. The molecule has 3 aromatic rings. The van der Waals surface area contributed by atoms with Crippen LogP contribution in [-0.2, 0) is 14.6 Å². The van der Waals surface area contributed by atoms with Gasteiger partial charge in [0.25, 0.3) is 0 Å². The lowest BCUT2D eigenvalue weighted by molar-refractivity contribution is -0.126. The van der Waals surface area contributed by atoms with Crippen LogP contribution in [0.25, 0.3) is 21.9 Å². The van der Waals surface area contributed by atoms with E-state index >= 15 is 0 Å². The molecule has 150 valence electrons. The van der Waals surface area contributed by atoms with Gasteiger partial charge in [-0.25, -0.2) is 8.42 Å². The fraction of sp³-hybridized carbons (Fsp3) is 0.261. The van der Waals surface area contributed by atoms with Crippen LogP contribution in [0.4, 0.5) is 0 Å². The molecule has 4 rings (SSSR count). The van der Waals surface area contributed by atoms with E-state index in [-0.39, 0.29) is 11.8 Å². The number of nitrogens with zero attached hydrogens (tertiary/aromatic N) is 1. The highest BCUT2D eigenvalue weighted by Crippen LogP contribution is 2.29. The second-order valence-corrected chi connectivity index (χ2v) is 9.69. The van der Waals surface area contributed by atoms with Crippen molar-refractivity contribution in [3.63, 3.8) is 0 Å². The maximum Gasteiger partial charge on any atom is 0.222 e. The van der Waals surface area contributed by atoms with E-state index in [1.54, 1.807) is 23.1 Å². The number of amides is 1. The van der Waals surface area contributed by atoms with Crippen molar-refractivity contribution in [2.24, 2.45) is 5.92 Å². The molecule has 1 atom stereocenters. The first-order valence-corrected chi connectivity index (χ1v) is 11.4. The Labute approximate surface area is 170 Å². The van der Waals surface area contributed by atoms with Crippen LogP contribution >= 0.6 is 0 Å². The van der Waals surface area contributed by atoms with Crippen molar-refractivity contribution in [1.29, 1.82) is 0 Å². The van der Waals surface area contributed by atoms with Crippen molar-refractivity contribution < 1.29 is 17.9 Å². The third-order valence-electron chi connectivity index (χ3n) is 5.31. The lowest BCUT2D eigenvalue weighted by Crippen LogP contribution is -2.20. The Morgan fingerprint density at radius 3 is 2.48 bits per heavy atom. The first kappa shape index (κ1) is 19.5. The summed E-state index contributed by atoms with van der Waals surface area (Å²) in [6, 6.07) is 19.0. The number of ether oxygens (including phenoxy) is 1. The van der Waals surface area contributed by atoms with Gasteiger partial charge in [-0.3, -0.25) is 4.79 Å². The van der Waals surface area contributed by atoms with Gasteiger partial charge in [0, 0.05) is 32.2 Å². The van der Waals surface area contributed by atoms with E-state index in [2.05, 4.69) is 0 Å². The molecule has 0 bridgehead atoms. The number of carbonyl (C=O) groups is 1. The maximum atomic E-state index is 11.9. The molecule has 1 aliphatic rings. The molecular weight excluding hydrogens is 386 g/mol. The molecule has 1 heterocycles. The number of benzene rings is 3. The van der Waals surface area contributed by atoms with Crippen molar-refractivity contribution in [2.75, 3.05) is 26.5 Å². The van der Waals surface area contributed by atoms with Crippen LogP contribution in [-0.4, -0.2) is 45.7 Å². The smallest absolute Gasteiger partial charge is 0.222 e. The Bertz CT molecular complexity index is 1190. The summed E-state index contributed by atoms with van der Waals surface area (Å²) in [5, 5.41) is 2.10. The van der Waals surface area contributed by atoms with Gasteiger partial charge in [-0.2, -0.15) is 0 Å². The zero-order valence-corrected chi connectivity index (χ0v) is 17.3. The highest BCUT2D eigenvalue weighted by atomic mass is 32.2. The quantitative estimate of drug-likeness (QED) is 0.644. The Kier molecular flexibility index (Phi) is 5.04. The van der Waals surface area contributed by atoms with Gasteiger partial charge in [0.15, 0.2) is 9.84 Å². The Morgan fingerprint density at radius 1 is 1.00 bits per heavy atom. The van der Waals surface area contributed by atoms with Crippen molar-refractivity contribution in [3.8, 4) is 16.9 Å². The normalized spacial score (nSPS) is 17.1. The number of hydrogen-bond donors (Lipinski definition) is 0. The summed E-state index contributed by atoms with van der Waals surface area (Å²) in [4.78, 5) is 13.7. The lowest BCUT2D eigenvalue weighted by Gasteiger charge is -2.13. The molecule has 0 radical (unpaired) electrons. The van der Waals surface area contributed by atoms with Crippen molar-refractivity contribution in [3.05, 3.63) is 60.7 Å². The molecule has 1 amide bonds. The molecule has 0 N–H and O–H groups in total. The van der Waals surface area contributed by atoms with Crippen LogP contribution in [0.5, 0.6) is 5.75 Å². The Balaban J connectivity index is 1.58. The second kappa shape index (κ2) is 7.52. The summed E-state index contributed by atoms with van der Waals surface area (Å²) in [5.41, 5.74) is 1.80. The standard InChI is InChI=1S/C23H23NO4S/c1-24-14-16(10-23(24)25)15-28-21-9-8-17-6-7-19(11-20(17)12-21)18-4-3-5-22(13-18)29(2,26)27/h3-9,11-13,16H,10,14-15H2,1-2H3. The molecule has 3 aromatic carbocycles. The molecule has 29 heavy (non-hydrogen) atoms. The molecule has 5 nitrogen and oxygen atoms in total. The predicted molar refractivity (Wildman–Crippen MR) is 114 cm³/mol. The van der Waals surface area contributed by atoms with E-state index in [0.29, 0.717) is 17.9 Å². The van der Waals surface area contributed by atoms with Gasteiger partial charge in [0.2, 0.25) is 5.91 Å². The lowest BCUT2D eigenvalue weighted by atomic mass is 10.0. The van der Waals surface area contributed by atoms with Crippen molar-refractivity contribution >= 4 is 26.5 Å². The first-order chi connectivity index (χ1) is 13.8. The van der Waals surface area contributed by atoms with Gasteiger partial charge in [0.05, 0.1) is 11.5 Å². The van der Waals surface area contributed by atoms with Gasteiger partial charge < -0.3 is 9.64 Å². The summed E-state index contributed by atoms with van der Waals surface area (Å²) in [7, 11) is -1.44. The average molecular weight is 410 g/mol. The molecule has 0 aromatic heterocycles. The van der Waals surface area contributed by atoms with E-state index in [4.69, 9.17) is 4.74 Å². The van der Waals surface area contributed by atoms with Gasteiger partial charge in [0.1, 0.15) is 5.75 Å². The van der Waals surface area contributed by atoms with Gasteiger partial charge in [-0.05, 0) is 52.2 Å². The zero-order chi connectivity index (χ0) is 20.6. The summed E-state index contributed by atoms with van der Waals surface area (Å²) in [6.45, 7) is 1.24. The highest BCUT2D eigenvalue weighted by Gasteiger charge is 2.27. The first-order valence-electron chi connectivity index (χ1n) is 9.51. The molecule has 1 fully saturated rings. The van der Waals surface area contributed by atoms with Gasteiger partial charge in [-0.1, -0.05) is 30.3 Å². The molecule has 1 aliphatic heterocycles. The number of fused-ring (bicyclic) bond motifs is 1. The second-order valence-electron chi connectivity index (χ2n) is 7.68. The SMILES string of the molecule is CN1CC(COc2ccc3ccc(-c4cccc(S(C)(=O)=O)c4)cc3c2)CC1=O. The molecule has 0 aliphatic carbocycles. The van der Waals surface area contributed by atoms with E-state index in [9.17, 15) is 13.2 Å². The highest BCUT2D eigenvalue weighted by molar-refractivity contribution is 7.90. The van der Waals surface area contributed by atoms with Crippen LogP contribution in [0.2, 0.25) is 0 Å². The van der Waals surface area contributed by atoms with Gasteiger partial charge >= 0.3 is 0 Å². The third kappa shape index (κ3) is 4.27. The van der Waals surface area contributed by atoms with Crippen molar-refractivity contribution in [2.45, 2.75) is 11.3 Å². The predicted octanol–water partition coefficient (Wildman–Crippen LogP) is 3.77. The molecule has 0 saturated carbocycles. The number of rotatable bonds is 5. The minimum absolute atomic E-state index is 0.165. The van der Waals surface area contributed by atoms with Crippen LogP contribution in [0.3, 0.4) is 0 Å². The number of sulfone groups is 1. The van der Waals surface area contributed by atoms with Crippen LogP contribution < -0.4 is 4.74 Å². The molecular formula is C23H23NO4S. The van der Waals surface area contributed by atoms with Crippen molar-refractivity contribution in [1.82, 2.24) is 4.90 Å². The van der Waals surface area contributed by atoms with E-state index in [1.165, 1.54) is 6.26 Å². The molecule has 0 spiro atoms. The Hall–Kier alpha value is -2.86. The fourth-order valence-corrected chi connectivity index (χ4v) is 4.35. The van der Waals surface area contributed by atoms with Crippen LogP contribution in [0, 0.1) is 5.92 Å². The van der Waals surface area contributed by atoms with Crippen LogP contribution in [0.15, 0.2) is 65.6 Å². The molecule has 1 unspecified atom stereocenters. The third-order valence-corrected chi connectivity index (χ3v) is 6.42. The maximum absolute atomic E-state index is 11.9.